The van der Waals surface area contributed by atoms with Gasteiger partial charge in [0.15, 0.2) is 6.10 Å². The topological polar surface area (TPSA) is 47.6 Å². The minimum absolute atomic E-state index is 0.139. The summed E-state index contributed by atoms with van der Waals surface area (Å²) >= 11 is 5.82. The van der Waals surface area contributed by atoms with E-state index in [4.69, 9.17) is 17.3 Å². The van der Waals surface area contributed by atoms with E-state index in [0.717, 1.165) is 6.07 Å². The summed E-state index contributed by atoms with van der Waals surface area (Å²) in [6.45, 7) is 1.40. The molecule has 3 nitrogen and oxygen atoms in total. The molecule has 0 saturated heterocycles. The van der Waals surface area contributed by atoms with Gasteiger partial charge in [0.25, 0.3) is 6.02 Å². The number of rotatable bonds is 1. The maximum absolute atomic E-state index is 13.5. The first-order valence-electron chi connectivity index (χ1n) is 5.67. The van der Waals surface area contributed by atoms with Crippen molar-refractivity contribution in [1.29, 1.82) is 0 Å². The maximum Gasteiger partial charge on any atom is 0.425 e. The fourth-order valence-corrected chi connectivity index (χ4v) is 2.47. The van der Waals surface area contributed by atoms with Crippen LogP contribution in [0.4, 0.5) is 17.6 Å². The molecule has 0 fully saturated rings. The molecule has 1 heterocycles. The Morgan fingerprint density at radius 1 is 1.45 bits per heavy atom. The van der Waals surface area contributed by atoms with Crippen molar-refractivity contribution >= 4 is 17.6 Å². The third-order valence-corrected chi connectivity index (χ3v) is 3.48. The van der Waals surface area contributed by atoms with Crippen LogP contribution in [0.3, 0.4) is 0 Å². The molecule has 2 rings (SSSR count). The minimum Gasteiger partial charge on any atom is -0.452 e. The van der Waals surface area contributed by atoms with Crippen LogP contribution in [-0.4, -0.2) is 18.3 Å². The molecule has 2 N–H and O–H groups in total. The summed E-state index contributed by atoms with van der Waals surface area (Å²) < 4.78 is 56.4. The molecule has 1 aliphatic rings. The van der Waals surface area contributed by atoms with Gasteiger partial charge >= 0.3 is 6.18 Å². The van der Waals surface area contributed by atoms with Crippen molar-refractivity contribution in [2.75, 3.05) is 0 Å². The van der Waals surface area contributed by atoms with Gasteiger partial charge in [-0.15, -0.1) is 0 Å². The van der Waals surface area contributed by atoms with Gasteiger partial charge in [-0.1, -0.05) is 23.7 Å². The second-order valence-corrected chi connectivity index (χ2v) is 5.06. The smallest absolute Gasteiger partial charge is 0.425 e. The van der Waals surface area contributed by atoms with E-state index in [9.17, 15) is 17.6 Å². The van der Waals surface area contributed by atoms with Crippen molar-refractivity contribution in [3.05, 3.63) is 34.6 Å². The molecule has 0 aliphatic carbocycles. The van der Waals surface area contributed by atoms with Crippen LogP contribution in [0.2, 0.25) is 5.02 Å². The van der Waals surface area contributed by atoms with Crippen LogP contribution >= 0.6 is 11.6 Å². The van der Waals surface area contributed by atoms with Crippen LogP contribution in [-0.2, 0) is 10.3 Å². The van der Waals surface area contributed by atoms with E-state index in [0.29, 0.717) is 0 Å². The number of hydrogen-bond donors (Lipinski definition) is 1. The summed E-state index contributed by atoms with van der Waals surface area (Å²) in [5.41, 5.74) is 4.05. The Kier molecular flexibility index (Phi) is 3.58. The summed E-state index contributed by atoms with van der Waals surface area (Å²) in [4.78, 5) is 3.87. The van der Waals surface area contributed by atoms with Gasteiger partial charge in [0.2, 0.25) is 0 Å². The first-order valence-corrected chi connectivity index (χ1v) is 6.04. The van der Waals surface area contributed by atoms with Crippen LogP contribution in [0, 0.1) is 5.82 Å². The van der Waals surface area contributed by atoms with Gasteiger partial charge in [-0.05, 0) is 13.0 Å². The van der Waals surface area contributed by atoms with Crippen molar-refractivity contribution in [3.63, 3.8) is 0 Å². The van der Waals surface area contributed by atoms with E-state index in [1.807, 2.05) is 0 Å². The molecule has 0 radical (unpaired) electrons. The summed E-state index contributed by atoms with van der Waals surface area (Å²) in [5.74, 6) is -0.728. The molecule has 110 valence electrons. The highest BCUT2D eigenvalue weighted by Gasteiger charge is 2.49. The van der Waals surface area contributed by atoms with Crippen LogP contribution in [0.15, 0.2) is 23.2 Å². The maximum atomic E-state index is 13.5. The van der Waals surface area contributed by atoms with Gasteiger partial charge in [-0.2, -0.15) is 13.2 Å². The normalized spacial score (nSPS) is 26.9. The number of aliphatic imine (C=N–C) groups is 1. The molecule has 20 heavy (non-hydrogen) atoms. The molecule has 0 unspecified atom stereocenters. The summed E-state index contributed by atoms with van der Waals surface area (Å²) in [6, 6.07) is 3.29. The third-order valence-electron chi connectivity index (χ3n) is 3.10. The molecule has 0 bridgehead atoms. The number of nitrogens with two attached hydrogens (primary N) is 1. The average Bonchev–Trinajstić information content (AvgIpc) is 2.30. The lowest BCUT2D eigenvalue weighted by Gasteiger charge is -2.36. The summed E-state index contributed by atoms with van der Waals surface area (Å²) in [6.07, 6.45) is -7.23. The minimum atomic E-state index is -4.60. The summed E-state index contributed by atoms with van der Waals surface area (Å²) in [7, 11) is 0. The molecule has 0 amide bonds. The van der Waals surface area contributed by atoms with E-state index in [1.165, 1.54) is 19.1 Å². The van der Waals surface area contributed by atoms with Gasteiger partial charge in [-0.25, -0.2) is 9.38 Å². The standard InChI is InChI=1S/C12H11ClF4N2O/c1-11(6-3-2-4-7(14)9(6)13)5-8(12(15,16)17)20-10(18)19-11/h2-4,8H,5H2,1H3,(H2,18,19)/t8-,11-/m0/s1. The van der Waals surface area contributed by atoms with Crippen LogP contribution < -0.4 is 5.73 Å². The monoisotopic (exact) mass is 310 g/mol. The number of halogens is 5. The number of amidine groups is 1. The first-order chi connectivity index (χ1) is 9.13. The quantitative estimate of drug-likeness (QED) is 0.809. The van der Waals surface area contributed by atoms with Gasteiger partial charge in [0.05, 0.1) is 10.6 Å². The molecule has 0 spiro atoms. The molecule has 1 aromatic carbocycles. The second-order valence-electron chi connectivity index (χ2n) is 4.68. The largest absolute Gasteiger partial charge is 0.452 e. The molecular formula is C12H11ClF4N2O. The van der Waals surface area contributed by atoms with Crippen LogP contribution in [0.1, 0.15) is 18.9 Å². The predicted octanol–water partition coefficient (Wildman–Crippen LogP) is 3.36. The van der Waals surface area contributed by atoms with Crippen LogP contribution in [0.25, 0.3) is 0 Å². The SMILES string of the molecule is C[C@@]1(c2cccc(F)c2Cl)C[C@@H](C(F)(F)F)OC(N)=N1. The number of nitrogens with zero attached hydrogens (tertiary/aromatic N) is 1. The Morgan fingerprint density at radius 3 is 2.70 bits per heavy atom. The van der Waals surface area contributed by atoms with Gasteiger partial charge in [0.1, 0.15) is 5.82 Å². The Labute approximate surface area is 117 Å². The molecule has 8 heteroatoms. The highest BCUT2D eigenvalue weighted by atomic mass is 35.5. The van der Waals surface area contributed by atoms with Crippen molar-refractivity contribution in [2.24, 2.45) is 10.7 Å². The fraction of sp³-hybridized carbons (Fsp3) is 0.417. The Hall–Kier alpha value is -1.50. The number of benzene rings is 1. The fourth-order valence-electron chi connectivity index (χ4n) is 2.14. The molecule has 1 aliphatic heterocycles. The zero-order valence-corrected chi connectivity index (χ0v) is 11.1. The van der Waals surface area contributed by atoms with E-state index in [-0.39, 0.29) is 10.6 Å². The lowest BCUT2D eigenvalue weighted by molar-refractivity contribution is -0.208. The molecular weight excluding hydrogens is 300 g/mol. The number of hydrogen-bond acceptors (Lipinski definition) is 3. The Bertz CT molecular complexity index is 561. The molecule has 0 aromatic heterocycles. The lowest BCUT2D eigenvalue weighted by Crippen LogP contribution is -2.46. The third kappa shape index (κ3) is 2.67. The highest BCUT2D eigenvalue weighted by Crippen LogP contribution is 2.42. The zero-order chi connectivity index (χ0) is 15.1. The first kappa shape index (κ1) is 14.9. The lowest BCUT2D eigenvalue weighted by atomic mass is 9.86. The van der Waals surface area contributed by atoms with E-state index in [2.05, 4.69) is 9.73 Å². The predicted molar refractivity (Wildman–Crippen MR) is 65.9 cm³/mol. The Morgan fingerprint density at radius 2 is 2.10 bits per heavy atom. The van der Waals surface area contributed by atoms with E-state index >= 15 is 0 Å². The zero-order valence-electron chi connectivity index (χ0n) is 10.3. The van der Waals surface area contributed by atoms with Gasteiger partial charge in [-0.3, -0.25) is 0 Å². The molecule has 2 atom stereocenters. The second kappa shape index (κ2) is 4.80. The van der Waals surface area contributed by atoms with Gasteiger partial charge in [0, 0.05) is 12.0 Å². The van der Waals surface area contributed by atoms with Crippen molar-refractivity contribution in [2.45, 2.75) is 31.2 Å². The molecule has 0 saturated carbocycles. The summed E-state index contributed by atoms with van der Waals surface area (Å²) in [5, 5.41) is -0.269. The van der Waals surface area contributed by atoms with Crippen molar-refractivity contribution in [3.8, 4) is 0 Å². The Balaban J connectivity index is 2.48. The highest BCUT2D eigenvalue weighted by molar-refractivity contribution is 6.31. The van der Waals surface area contributed by atoms with Crippen LogP contribution in [0.5, 0.6) is 0 Å². The average molecular weight is 311 g/mol. The van der Waals surface area contributed by atoms with Crippen molar-refractivity contribution in [1.82, 2.24) is 0 Å². The van der Waals surface area contributed by atoms with E-state index in [1.54, 1.807) is 0 Å². The van der Waals surface area contributed by atoms with Crippen molar-refractivity contribution < 1.29 is 22.3 Å². The van der Waals surface area contributed by atoms with E-state index < -0.39 is 36.1 Å². The number of alkyl halides is 3. The number of ether oxygens (including phenoxy) is 1. The van der Waals surface area contributed by atoms with Gasteiger partial charge < -0.3 is 10.5 Å². The molecule has 1 aromatic rings.